The van der Waals surface area contributed by atoms with Crippen LogP contribution in [0.5, 0.6) is 0 Å². The van der Waals surface area contributed by atoms with Crippen molar-refractivity contribution in [1.29, 1.82) is 5.26 Å². The summed E-state index contributed by atoms with van der Waals surface area (Å²) in [5.41, 5.74) is 0.547. The van der Waals surface area contributed by atoms with Gasteiger partial charge in [0.05, 0.1) is 5.56 Å². The number of amides is 1. The van der Waals surface area contributed by atoms with Crippen molar-refractivity contribution in [2.75, 3.05) is 18.0 Å². The second-order valence-electron chi connectivity index (χ2n) is 4.11. The van der Waals surface area contributed by atoms with Gasteiger partial charge >= 0.3 is 0 Å². The van der Waals surface area contributed by atoms with E-state index in [1.54, 1.807) is 12.3 Å². The first-order chi connectivity index (χ1) is 8.20. The molecule has 1 aliphatic heterocycles. The maximum Gasteiger partial charge on any atom is 0.222 e. The lowest BCUT2D eigenvalue weighted by Gasteiger charge is -2.27. The van der Waals surface area contributed by atoms with E-state index in [0.29, 0.717) is 18.5 Å². The Morgan fingerprint density at radius 3 is 3.06 bits per heavy atom. The average Bonchev–Trinajstić information content (AvgIpc) is 2.50. The summed E-state index contributed by atoms with van der Waals surface area (Å²) in [6, 6.07) is 5.73. The smallest absolute Gasteiger partial charge is 0.222 e. The first kappa shape index (κ1) is 11.4. The fourth-order valence-electron chi connectivity index (χ4n) is 1.95. The molecule has 2 rings (SSSR count). The van der Waals surface area contributed by atoms with E-state index in [1.165, 1.54) is 0 Å². The average molecular weight is 230 g/mol. The second kappa shape index (κ2) is 4.83. The molecule has 1 saturated heterocycles. The van der Waals surface area contributed by atoms with Gasteiger partial charge in [0.2, 0.25) is 5.91 Å². The number of anilines is 1. The zero-order valence-corrected chi connectivity index (χ0v) is 9.68. The third-order valence-electron chi connectivity index (χ3n) is 2.86. The number of hydrogen-bond acceptors (Lipinski definition) is 4. The van der Waals surface area contributed by atoms with Gasteiger partial charge in [-0.3, -0.25) is 4.79 Å². The highest BCUT2D eigenvalue weighted by atomic mass is 16.1. The van der Waals surface area contributed by atoms with Crippen molar-refractivity contribution in [3.05, 3.63) is 23.9 Å². The summed E-state index contributed by atoms with van der Waals surface area (Å²) >= 11 is 0. The lowest BCUT2D eigenvalue weighted by atomic mass is 10.2. The molecule has 0 saturated carbocycles. The van der Waals surface area contributed by atoms with Gasteiger partial charge in [-0.25, -0.2) is 4.98 Å². The Kier molecular flexibility index (Phi) is 3.24. The van der Waals surface area contributed by atoms with Gasteiger partial charge in [-0.1, -0.05) is 0 Å². The van der Waals surface area contributed by atoms with E-state index >= 15 is 0 Å². The summed E-state index contributed by atoms with van der Waals surface area (Å²) in [5, 5.41) is 11.5. The largest absolute Gasteiger partial charge is 0.354 e. The highest BCUT2D eigenvalue weighted by Crippen LogP contribution is 2.17. The SMILES string of the molecule is C[C@@H]1CC(=O)NCCN1c1ccc(C#N)cn1. The number of nitrogens with zero attached hydrogens (tertiary/aromatic N) is 3. The minimum absolute atomic E-state index is 0.0774. The minimum Gasteiger partial charge on any atom is -0.354 e. The number of pyridine rings is 1. The predicted octanol–water partition coefficient (Wildman–Crippen LogP) is 0.668. The monoisotopic (exact) mass is 230 g/mol. The molecule has 5 heteroatoms. The van der Waals surface area contributed by atoms with Gasteiger partial charge in [0.1, 0.15) is 11.9 Å². The molecule has 5 nitrogen and oxygen atoms in total. The molecule has 1 aliphatic rings. The van der Waals surface area contributed by atoms with Crippen LogP contribution in [-0.2, 0) is 4.79 Å². The molecule has 0 aromatic carbocycles. The molecule has 0 aliphatic carbocycles. The highest BCUT2D eigenvalue weighted by molar-refractivity contribution is 5.77. The maximum absolute atomic E-state index is 11.4. The van der Waals surface area contributed by atoms with E-state index < -0.39 is 0 Å². The Bertz CT molecular complexity index is 449. The van der Waals surface area contributed by atoms with Crippen LogP contribution in [0, 0.1) is 11.3 Å². The lowest BCUT2D eigenvalue weighted by Crippen LogP contribution is -2.34. The Hall–Kier alpha value is -2.09. The van der Waals surface area contributed by atoms with Crippen LogP contribution in [0.2, 0.25) is 0 Å². The summed E-state index contributed by atoms with van der Waals surface area (Å²) in [6.07, 6.45) is 2.03. The molecule has 0 unspecified atom stereocenters. The first-order valence-corrected chi connectivity index (χ1v) is 5.60. The standard InChI is InChI=1S/C12H14N4O/c1-9-6-12(17)14-4-5-16(9)11-3-2-10(7-13)8-15-11/h2-3,8-9H,4-6H2,1H3,(H,14,17)/t9-/m1/s1. The molecule has 1 N–H and O–H groups in total. The van der Waals surface area contributed by atoms with E-state index in [1.807, 2.05) is 19.1 Å². The molecule has 1 aromatic rings. The molecule has 1 amide bonds. The Balaban J connectivity index is 2.19. The maximum atomic E-state index is 11.4. The lowest BCUT2D eigenvalue weighted by molar-refractivity contribution is -0.120. The quantitative estimate of drug-likeness (QED) is 0.769. The van der Waals surface area contributed by atoms with Crippen molar-refractivity contribution < 1.29 is 4.79 Å². The predicted molar refractivity (Wildman–Crippen MR) is 63.4 cm³/mol. The van der Waals surface area contributed by atoms with Gasteiger partial charge in [0, 0.05) is 31.7 Å². The van der Waals surface area contributed by atoms with Crippen LogP contribution >= 0.6 is 0 Å². The van der Waals surface area contributed by atoms with Crippen LogP contribution in [0.15, 0.2) is 18.3 Å². The molecule has 1 fully saturated rings. The van der Waals surface area contributed by atoms with E-state index in [-0.39, 0.29) is 11.9 Å². The summed E-state index contributed by atoms with van der Waals surface area (Å²) in [5.74, 6) is 0.890. The number of aromatic nitrogens is 1. The third-order valence-corrected chi connectivity index (χ3v) is 2.86. The number of carbonyl (C=O) groups excluding carboxylic acids is 1. The van der Waals surface area contributed by atoms with E-state index in [0.717, 1.165) is 12.4 Å². The van der Waals surface area contributed by atoms with Crippen molar-refractivity contribution in [1.82, 2.24) is 10.3 Å². The molecule has 2 heterocycles. The fraction of sp³-hybridized carbons (Fsp3) is 0.417. The molecular formula is C12H14N4O. The minimum atomic E-state index is 0.0774. The van der Waals surface area contributed by atoms with Crippen LogP contribution < -0.4 is 10.2 Å². The van der Waals surface area contributed by atoms with Crippen LogP contribution in [-0.4, -0.2) is 30.0 Å². The summed E-state index contributed by atoms with van der Waals surface area (Å²) in [4.78, 5) is 17.7. The Morgan fingerprint density at radius 2 is 2.41 bits per heavy atom. The van der Waals surface area contributed by atoms with Gasteiger partial charge < -0.3 is 10.2 Å². The van der Waals surface area contributed by atoms with Crippen LogP contribution in [0.1, 0.15) is 18.9 Å². The molecule has 88 valence electrons. The van der Waals surface area contributed by atoms with Crippen LogP contribution in [0.3, 0.4) is 0 Å². The van der Waals surface area contributed by atoms with E-state index in [2.05, 4.69) is 15.2 Å². The topological polar surface area (TPSA) is 69.0 Å². The first-order valence-electron chi connectivity index (χ1n) is 5.60. The van der Waals surface area contributed by atoms with E-state index in [4.69, 9.17) is 5.26 Å². The second-order valence-corrected chi connectivity index (χ2v) is 4.11. The molecule has 0 spiro atoms. The number of rotatable bonds is 1. The number of hydrogen-bond donors (Lipinski definition) is 1. The molecular weight excluding hydrogens is 216 g/mol. The number of carbonyl (C=O) groups is 1. The summed E-state index contributed by atoms with van der Waals surface area (Å²) in [6.45, 7) is 3.38. The van der Waals surface area contributed by atoms with Gasteiger partial charge in [0.15, 0.2) is 0 Å². The van der Waals surface area contributed by atoms with Crippen molar-refractivity contribution >= 4 is 11.7 Å². The molecule has 1 aromatic heterocycles. The van der Waals surface area contributed by atoms with Crippen molar-refractivity contribution in [3.63, 3.8) is 0 Å². The van der Waals surface area contributed by atoms with E-state index in [9.17, 15) is 4.79 Å². The van der Waals surface area contributed by atoms with Crippen molar-refractivity contribution in [3.8, 4) is 6.07 Å². The Morgan fingerprint density at radius 1 is 1.59 bits per heavy atom. The Labute approximate surface area is 100 Å². The van der Waals surface area contributed by atoms with Gasteiger partial charge in [-0.05, 0) is 19.1 Å². The number of nitrogens with one attached hydrogen (secondary N) is 1. The zero-order valence-electron chi connectivity index (χ0n) is 9.68. The van der Waals surface area contributed by atoms with Crippen LogP contribution in [0.25, 0.3) is 0 Å². The van der Waals surface area contributed by atoms with Crippen molar-refractivity contribution in [2.24, 2.45) is 0 Å². The summed E-state index contributed by atoms with van der Waals surface area (Å²) < 4.78 is 0. The summed E-state index contributed by atoms with van der Waals surface area (Å²) in [7, 11) is 0. The van der Waals surface area contributed by atoms with Crippen LogP contribution in [0.4, 0.5) is 5.82 Å². The fourth-order valence-corrected chi connectivity index (χ4v) is 1.95. The van der Waals surface area contributed by atoms with Crippen molar-refractivity contribution in [2.45, 2.75) is 19.4 Å². The third kappa shape index (κ3) is 2.53. The zero-order chi connectivity index (χ0) is 12.3. The normalized spacial score (nSPS) is 20.4. The van der Waals surface area contributed by atoms with Gasteiger partial charge in [-0.15, -0.1) is 0 Å². The van der Waals surface area contributed by atoms with Gasteiger partial charge in [0.25, 0.3) is 0 Å². The molecule has 17 heavy (non-hydrogen) atoms. The van der Waals surface area contributed by atoms with Gasteiger partial charge in [-0.2, -0.15) is 5.26 Å². The number of nitriles is 1. The molecule has 1 atom stereocenters. The molecule has 0 radical (unpaired) electrons. The highest BCUT2D eigenvalue weighted by Gasteiger charge is 2.21. The molecule has 0 bridgehead atoms.